The van der Waals surface area contributed by atoms with Crippen LogP contribution < -0.4 is 11.2 Å². The minimum atomic E-state index is -0.838. The lowest BCUT2D eigenvalue weighted by molar-refractivity contribution is -0.0459. The summed E-state index contributed by atoms with van der Waals surface area (Å²) in [6.45, 7) is 3.23. The number of H-pyrrole nitrogens is 1. The molecule has 1 aliphatic heterocycles. The molecule has 1 saturated heterocycles. The molecular formula is C13H18N2O5. The highest BCUT2D eigenvalue weighted by Gasteiger charge is 2.35. The van der Waals surface area contributed by atoms with E-state index in [2.05, 4.69) is 4.98 Å². The van der Waals surface area contributed by atoms with Crippen LogP contribution in [0, 0.1) is 0 Å². The third kappa shape index (κ3) is 2.60. The Balaban J connectivity index is 2.43. The Morgan fingerprint density at radius 2 is 2.30 bits per heavy atom. The molecule has 3 atom stereocenters. The number of aliphatic hydroxyl groups is 2. The minimum Gasteiger partial charge on any atom is -0.394 e. The number of rotatable bonds is 3. The molecule has 0 amide bonds. The van der Waals surface area contributed by atoms with Crippen LogP contribution in [0.4, 0.5) is 0 Å². The minimum absolute atomic E-state index is 0.186. The standard InChI is InChI=1S/C13H18N2O5/c1-3-7(2)8-5-15(13(19)14-12(8)18)11-4-9(17)10(6-16)20-11/h3,5,9-11,16-17H,4,6H2,1-2H3,(H,14,18,19)/b7-3+/t9-,10+,11+/m0/s1. The van der Waals surface area contributed by atoms with Crippen LogP contribution in [-0.2, 0) is 4.74 Å². The van der Waals surface area contributed by atoms with Gasteiger partial charge >= 0.3 is 5.69 Å². The van der Waals surface area contributed by atoms with Gasteiger partial charge < -0.3 is 14.9 Å². The third-order valence-electron chi connectivity index (χ3n) is 3.52. The lowest BCUT2D eigenvalue weighted by Crippen LogP contribution is -2.34. The highest BCUT2D eigenvalue weighted by atomic mass is 16.5. The second-order valence-electron chi connectivity index (χ2n) is 4.80. The number of nitrogens with one attached hydrogen (secondary N) is 1. The second-order valence-corrected chi connectivity index (χ2v) is 4.80. The Hall–Kier alpha value is -1.70. The molecule has 0 aliphatic carbocycles. The quantitative estimate of drug-likeness (QED) is 0.699. The van der Waals surface area contributed by atoms with Gasteiger partial charge in [0.2, 0.25) is 0 Å². The number of aromatic nitrogens is 2. The van der Waals surface area contributed by atoms with E-state index in [0.717, 1.165) is 5.57 Å². The molecular weight excluding hydrogens is 264 g/mol. The number of hydrogen-bond acceptors (Lipinski definition) is 5. The van der Waals surface area contributed by atoms with Gasteiger partial charge in [-0.05, 0) is 19.4 Å². The largest absolute Gasteiger partial charge is 0.394 e. The molecule has 0 unspecified atom stereocenters. The van der Waals surface area contributed by atoms with E-state index in [1.165, 1.54) is 10.8 Å². The summed E-state index contributed by atoms with van der Waals surface area (Å²) in [5.41, 5.74) is 0.0486. The van der Waals surface area contributed by atoms with Crippen molar-refractivity contribution in [1.82, 2.24) is 9.55 Å². The van der Waals surface area contributed by atoms with Crippen molar-refractivity contribution in [2.24, 2.45) is 0 Å². The maximum Gasteiger partial charge on any atom is 0.330 e. The monoisotopic (exact) mass is 282 g/mol. The summed E-state index contributed by atoms with van der Waals surface area (Å²) in [4.78, 5) is 25.8. The average Bonchev–Trinajstić information content (AvgIpc) is 2.79. The second kappa shape index (κ2) is 5.74. The Morgan fingerprint density at radius 1 is 1.60 bits per heavy atom. The molecule has 7 heteroatoms. The van der Waals surface area contributed by atoms with Crippen LogP contribution in [0.15, 0.2) is 21.9 Å². The molecule has 3 N–H and O–H groups in total. The Morgan fingerprint density at radius 3 is 2.85 bits per heavy atom. The Kier molecular flexibility index (Phi) is 4.22. The van der Waals surface area contributed by atoms with E-state index in [1.807, 2.05) is 0 Å². The molecule has 1 aromatic heterocycles. The molecule has 2 rings (SSSR count). The van der Waals surface area contributed by atoms with Crippen molar-refractivity contribution in [2.45, 2.75) is 38.7 Å². The van der Waals surface area contributed by atoms with Gasteiger partial charge in [-0.2, -0.15) is 0 Å². The van der Waals surface area contributed by atoms with Crippen molar-refractivity contribution in [1.29, 1.82) is 0 Å². The summed E-state index contributed by atoms with van der Waals surface area (Å²) in [6.07, 6.45) is 1.12. The van der Waals surface area contributed by atoms with Crippen LogP contribution >= 0.6 is 0 Å². The number of allylic oxidation sites excluding steroid dienone is 2. The summed E-state index contributed by atoms with van der Waals surface area (Å²) in [5.74, 6) is 0. The third-order valence-corrected chi connectivity index (χ3v) is 3.52. The number of aliphatic hydroxyl groups excluding tert-OH is 2. The highest BCUT2D eigenvalue weighted by molar-refractivity contribution is 5.61. The van der Waals surface area contributed by atoms with Crippen LogP contribution in [0.25, 0.3) is 5.57 Å². The van der Waals surface area contributed by atoms with Gasteiger partial charge in [0.1, 0.15) is 12.3 Å². The SMILES string of the molecule is C/C=C(\C)c1cn([C@H]2C[C@H](O)[C@@H](CO)O2)c(=O)[nH]c1=O. The van der Waals surface area contributed by atoms with Crippen LogP contribution in [0.2, 0.25) is 0 Å². The number of hydrogen-bond donors (Lipinski definition) is 3. The van der Waals surface area contributed by atoms with E-state index >= 15 is 0 Å². The maximum atomic E-state index is 11.9. The Bertz CT molecular complexity index is 630. The first-order valence-corrected chi connectivity index (χ1v) is 6.41. The van der Waals surface area contributed by atoms with Crippen LogP contribution in [0.5, 0.6) is 0 Å². The zero-order chi connectivity index (χ0) is 14.9. The molecule has 1 aliphatic rings. The van der Waals surface area contributed by atoms with Gasteiger partial charge in [0.25, 0.3) is 5.56 Å². The molecule has 1 aromatic rings. The highest BCUT2D eigenvalue weighted by Crippen LogP contribution is 2.27. The summed E-state index contributed by atoms with van der Waals surface area (Å²) in [7, 11) is 0. The van der Waals surface area contributed by atoms with Gasteiger partial charge in [0.05, 0.1) is 18.3 Å². The molecule has 20 heavy (non-hydrogen) atoms. The van der Waals surface area contributed by atoms with E-state index in [0.29, 0.717) is 5.56 Å². The molecule has 7 nitrogen and oxygen atoms in total. The molecule has 0 aromatic carbocycles. The summed E-state index contributed by atoms with van der Waals surface area (Å²) in [5, 5.41) is 18.8. The smallest absolute Gasteiger partial charge is 0.330 e. The normalized spacial score (nSPS) is 27.0. The Labute approximate surface area is 115 Å². The van der Waals surface area contributed by atoms with Crippen molar-refractivity contribution >= 4 is 5.57 Å². The van der Waals surface area contributed by atoms with Gasteiger partial charge in [0, 0.05) is 12.6 Å². The number of ether oxygens (including phenoxy) is 1. The first-order chi connectivity index (χ1) is 9.47. The van der Waals surface area contributed by atoms with Crippen molar-refractivity contribution in [3.8, 4) is 0 Å². The van der Waals surface area contributed by atoms with Crippen LogP contribution in [0.3, 0.4) is 0 Å². The molecule has 0 radical (unpaired) electrons. The first-order valence-electron chi connectivity index (χ1n) is 6.41. The summed E-state index contributed by atoms with van der Waals surface area (Å²) >= 11 is 0. The van der Waals surface area contributed by atoms with Crippen molar-refractivity contribution in [3.63, 3.8) is 0 Å². The van der Waals surface area contributed by atoms with E-state index < -0.39 is 29.7 Å². The number of nitrogens with zero attached hydrogens (tertiary/aromatic N) is 1. The molecule has 2 heterocycles. The first kappa shape index (κ1) is 14.7. The number of aromatic amines is 1. The van der Waals surface area contributed by atoms with Crippen molar-refractivity contribution in [3.05, 3.63) is 38.7 Å². The molecule has 0 saturated carbocycles. The lowest BCUT2D eigenvalue weighted by Gasteiger charge is -2.15. The van der Waals surface area contributed by atoms with Gasteiger partial charge in [-0.15, -0.1) is 0 Å². The fourth-order valence-electron chi connectivity index (χ4n) is 2.19. The fraction of sp³-hybridized carbons (Fsp3) is 0.538. The predicted octanol–water partition coefficient (Wildman–Crippen LogP) is -0.400. The summed E-state index contributed by atoms with van der Waals surface area (Å²) in [6, 6.07) is 0. The maximum absolute atomic E-state index is 11.9. The summed E-state index contributed by atoms with van der Waals surface area (Å²) < 4.78 is 6.66. The topological polar surface area (TPSA) is 105 Å². The van der Waals surface area contributed by atoms with Crippen molar-refractivity contribution < 1.29 is 14.9 Å². The van der Waals surface area contributed by atoms with Crippen LogP contribution in [-0.4, -0.2) is 38.6 Å². The molecule has 0 spiro atoms. The average molecular weight is 282 g/mol. The zero-order valence-electron chi connectivity index (χ0n) is 11.4. The molecule has 0 bridgehead atoms. The van der Waals surface area contributed by atoms with Crippen LogP contribution in [0.1, 0.15) is 32.1 Å². The molecule has 110 valence electrons. The van der Waals surface area contributed by atoms with Gasteiger partial charge in [0.15, 0.2) is 0 Å². The fourth-order valence-corrected chi connectivity index (χ4v) is 2.19. The van der Waals surface area contributed by atoms with Gasteiger partial charge in [-0.1, -0.05) is 6.08 Å². The van der Waals surface area contributed by atoms with E-state index in [1.54, 1.807) is 19.9 Å². The zero-order valence-corrected chi connectivity index (χ0v) is 11.4. The van der Waals surface area contributed by atoms with E-state index in [4.69, 9.17) is 9.84 Å². The molecule has 1 fully saturated rings. The van der Waals surface area contributed by atoms with E-state index in [-0.39, 0.29) is 13.0 Å². The lowest BCUT2D eigenvalue weighted by atomic mass is 10.1. The van der Waals surface area contributed by atoms with Gasteiger partial charge in [-0.3, -0.25) is 14.3 Å². The van der Waals surface area contributed by atoms with E-state index in [9.17, 15) is 14.7 Å². The predicted molar refractivity (Wildman–Crippen MR) is 72.3 cm³/mol. The van der Waals surface area contributed by atoms with Gasteiger partial charge in [-0.25, -0.2) is 4.79 Å². The van der Waals surface area contributed by atoms with Crippen molar-refractivity contribution in [2.75, 3.05) is 6.61 Å².